The third kappa shape index (κ3) is 3.65. The molecule has 1 fully saturated rings. The lowest BCUT2D eigenvalue weighted by Crippen LogP contribution is -2.34. The topological polar surface area (TPSA) is 66.8 Å². The van der Waals surface area contributed by atoms with Crippen LogP contribution in [-0.4, -0.2) is 44.1 Å². The van der Waals surface area contributed by atoms with Crippen molar-refractivity contribution in [3.05, 3.63) is 27.7 Å². The second-order valence-corrected chi connectivity index (χ2v) is 8.15. The molecule has 1 aromatic rings. The van der Waals surface area contributed by atoms with Crippen LogP contribution in [0.3, 0.4) is 0 Å². The Kier molecular flexibility index (Phi) is 5.43. The van der Waals surface area contributed by atoms with E-state index in [1.165, 1.54) is 10.4 Å². The van der Waals surface area contributed by atoms with E-state index in [2.05, 4.69) is 15.9 Å². The average molecular weight is 378 g/mol. The zero-order chi connectivity index (χ0) is 15.6. The molecule has 1 aliphatic heterocycles. The van der Waals surface area contributed by atoms with E-state index in [-0.39, 0.29) is 17.6 Å². The first-order valence-electron chi connectivity index (χ1n) is 6.84. The van der Waals surface area contributed by atoms with Crippen molar-refractivity contribution in [2.75, 3.05) is 20.2 Å². The van der Waals surface area contributed by atoms with Gasteiger partial charge in [0.05, 0.1) is 17.6 Å². The first kappa shape index (κ1) is 16.9. The second-order valence-electron chi connectivity index (χ2n) is 5.28. The molecule has 1 unspecified atom stereocenters. The van der Waals surface area contributed by atoms with Gasteiger partial charge in [0.2, 0.25) is 10.0 Å². The zero-order valence-corrected chi connectivity index (χ0v) is 14.6. The molecule has 0 bridgehead atoms. The molecule has 1 atom stereocenters. The third-order valence-electron chi connectivity index (χ3n) is 3.71. The lowest BCUT2D eigenvalue weighted by atomic mass is 10.2. The minimum Gasteiger partial charge on any atom is -0.392 e. The zero-order valence-electron chi connectivity index (χ0n) is 12.2. The summed E-state index contributed by atoms with van der Waals surface area (Å²) in [6.07, 6.45) is 1.83. The van der Waals surface area contributed by atoms with E-state index in [0.29, 0.717) is 28.8 Å². The summed E-state index contributed by atoms with van der Waals surface area (Å²) >= 11 is 3.35. The summed E-state index contributed by atoms with van der Waals surface area (Å²) in [7, 11) is -2.03. The molecule has 0 spiro atoms. The molecule has 21 heavy (non-hydrogen) atoms. The van der Waals surface area contributed by atoms with Crippen molar-refractivity contribution in [3.8, 4) is 0 Å². The van der Waals surface area contributed by atoms with Gasteiger partial charge in [0.1, 0.15) is 0 Å². The van der Waals surface area contributed by atoms with E-state index in [9.17, 15) is 13.5 Å². The van der Waals surface area contributed by atoms with Gasteiger partial charge in [-0.05, 0) is 43.0 Å². The lowest BCUT2D eigenvalue weighted by molar-refractivity contribution is 0.0979. The minimum absolute atomic E-state index is 0.0328. The number of sulfonamides is 1. The maximum atomic E-state index is 12.7. The predicted octanol–water partition coefficient (Wildman–Crippen LogP) is 2.05. The summed E-state index contributed by atoms with van der Waals surface area (Å²) in [5.41, 5.74) is 1.21. The molecule has 118 valence electrons. The molecule has 0 amide bonds. The third-order valence-corrected chi connectivity index (χ3v) is 6.49. The van der Waals surface area contributed by atoms with E-state index in [1.54, 1.807) is 20.0 Å². The van der Waals surface area contributed by atoms with E-state index < -0.39 is 10.0 Å². The van der Waals surface area contributed by atoms with Crippen LogP contribution in [0, 0.1) is 6.92 Å². The van der Waals surface area contributed by atoms with Crippen LogP contribution >= 0.6 is 15.9 Å². The van der Waals surface area contributed by atoms with Gasteiger partial charge >= 0.3 is 0 Å². The highest BCUT2D eigenvalue weighted by Gasteiger charge is 2.28. The summed E-state index contributed by atoms with van der Waals surface area (Å²) in [5, 5.41) is 9.26. The first-order valence-corrected chi connectivity index (χ1v) is 9.07. The maximum Gasteiger partial charge on any atom is 0.243 e. The fourth-order valence-corrected chi connectivity index (χ4v) is 4.54. The van der Waals surface area contributed by atoms with Crippen LogP contribution in [0.1, 0.15) is 24.0 Å². The minimum atomic E-state index is -3.60. The van der Waals surface area contributed by atoms with Crippen molar-refractivity contribution in [1.29, 1.82) is 0 Å². The number of hydrogen-bond acceptors (Lipinski definition) is 4. The second kappa shape index (κ2) is 6.75. The largest absolute Gasteiger partial charge is 0.392 e. The van der Waals surface area contributed by atoms with Gasteiger partial charge in [-0.2, -0.15) is 4.31 Å². The molecule has 0 aromatic heterocycles. The smallest absolute Gasteiger partial charge is 0.243 e. The Hall–Kier alpha value is -0.470. The number of likely N-dealkylation sites (N-methyl/N-ethyl adjacent to an activating group) is 1. The van der Waals surface area contributed by atoms with E-state index in [0.717, 1.165) is 12.8 Å². The van der Waals surface area contributed by atoms with Gasteiger partial charge in [-0.1, -0.05) is 15.9 Å². The van der Waals surface area contributed by atoms with Crippen LogP contribution in [0.15, 0.2) is 21.5 Å². The summed E-state index contributed by atoms with van der Waals surface area (Å²) in [6.45, 7) is 2.60. The quantitative estimate of drug-likeness (QED) is 0.852. The van der Waals surface area contributed by atoms with Crippen molar-refractivity contribution in [1.82, 2.24) is 4.31 Å². The number of nitrogens with zero attached hydrogens (tertiary/aromatic N) is 1. The Labute approximate surface area is 134 Å². The Balaban J connectivity index is 2.31. The van der Waals surface area contributed by atoms with E-state index in [1.807, 2.05) is 0 Å². The predicted molar refractivity (Wildman–Crippen MR) is 83.6 cm³/mol. The van der Waals surface area contributed by atoms with Crippen LogP contribution < -0.4 is 0 Å². The monoisotopic (exact) mass is 377 g/mol. The number of halogens is 1. The number of benzene rings is 1. The highest BCUT2D eigenvalue weighted by atomic mass is 79.9. The van der Waals surface area contributed by atoms with Gasteiger partial charge in [-0.25, -0.2) is 8.42 Å². The van der Waals surface area contributed by atoms with Gasteiger partial charge in [0, 0.05) is 24.7 Å². The molecular formula is C14H20BrNO4S. The molecule has 1 heterocycles. The van der Waals surface area contributed by atoms with Crippen LogP contribution in [0.2, 0.25) is 0 Å². The van der Waals surface area contributed by atoms with Crippen LogP contribution in [0.5, 0.6) is 0 Å². The molecule has 1 aliphatic rings. The number of aliphatic hydroxyl groups is 1. The molecule has 7 heteroatoms. The van der Waals surface area contributed by atoms with Crippen molar-refractivity contribution in [3.63, 3.8) is 0 Å². The van der Waals surface area contributed by atoms with Crippen LogP contribution in [0.4, 0.5) is 0 Å². The van der Waals surface area contributed by atoms with Crippen LogP contribution in [0.25, 0.3) is 0 Å². The molecule has 0 saturated carbocycles. The lowest BCUT2D eigenvalue weighted by Gasteiger charge is -2.22. The molecule has 1 aromatic carbocycles. The van der Waals surface area contributed by atoms with Gasteiger partial charge in [0.15, 0.2) is 0 Å². The highest BCUT2D eigenvalue weighted by molar-refractivity contribution is 9.10. The Morgan fingerprint density at radius 3 is 2.76 bits per heavy atom. The Morgan fingerprint density at radius 2 is 2.19 bits per heavy atom. The Morgan fingerprint density at radius 1 is 1.48 bits per heavy atom. The molecule has 2 rings (SSSR count). The SMILES string of the molecule is Cc1c(Br)cc(CO)cc1S(=O)(=O)N(C)CC1CCCO1. The molecule has 1 saturated heterocycles. The summed E-state index contributed by atoms with van der Waals surface area (Å²) in [5.74, 6) is 0. The number of ether oxygens (including phenoxy) is 1. The van der Waals surface area contributed by atoms with Crippen molar-refractivity contribution in [2.45, 2.75) is 37.4 Å². The van der Waals surface area contributed by atoms with Gasteiger partial charge in [0.25, 0.3) is 0 Å². The van der Waals surface area contributed by atoms with Crippen molar-refractivity contribution in [2.24, 2.45) is 0 Å². The average Bonchev–Trinajstić information content (AvgIpc) is 2.94. The first-order chi connectivity index (χ1) is 9.86. The van der Waals surface area contributed by atoms with Gasteiger partial charge in [-0.3, -0.25) is 0 Å². The summed E-state index contributed by atoms with van der Waals surface area (Å²) < 4.78 is 33.0. The number of aliphatic hydroxyl groups excluding tert-OH is 1. The van der Waals surface area contributed by atoms with Crippen molar-refractivity contribution >= 4 is 26.0 Å². The maximum absolute atomic E-state index is 12.7. The Bertz CT molecular complexity index is 612. The standard InChI is InChI=1S/C14H20BrNO4S/c1-10-13(15)6-11(9-17)7-14(10)21(18,19)16(2)8-12-4-3-5-20-12/h6-7,12,17H,3-5,8-9H2,1-2H3. The number of rotatable bonds is 5. The molecule has 5 nitrogen and oxygen atoms in total. The molecule has 0 aliphatic carbocycles. The molecular weight excluding hydrogens is 358 g/mol. The van der Waals surface area contributed by atoms with E-state index >= 15 is 0 Å². The van der Waals surface area contributed by atoms with Crippen molar-refractivity contribution < 1.29 is 18.3 Å². The fourth-order valence-electron chi connectivity index (χ4n) is 2.41. The van der Waals surface area contributed by atoms with Gasteiger partial charge < -0.3 is 9.84 Å². The summed E-state index contributed by atoms with van der Waals surface area (Å²) in [6, 6.07) is 3.26. The van der Waals surface area contributed by atoms with Gasteiger partial charge in [-0.15, -0.1) is 0 Å². The molecule has 0 radical (unpaired) electrons. The summed E-state index contributed by atoms with van der Waals surface area (Å²) in [4.78, 5) is 0.224. The molecule has 1 N–H and O–H groups in total. The van der Waals surface area contributed by atoms with Crippen LogP contribution in [-0.2, 0) is 21.4 Å². The number of hydrogen-bond donors (Lipinski definition) is 1. The fraction of sp³-hybridized carbons (Fsp3) is 0.571. The van der Waals surface area contributed by atoms with E-state index in [4.69, 9.17) is 4.74 Å². The normalized spacial score (nSPS) is 19.4. The highest BCUT2D eigenvalue weighted by Crippen LogP contribution is 2.28.